The molecule has 3 unspecified atom stereocenters. The predicted octanol–water partition coefficient (Wildman–Crippen LogP) is 3.60. The Labute approximate surface area is 149 Å². The van der Waals surface area contributed by atoms with Gasteiger partial charge >= 0.3 is 0 Å². The van der Waals surface area contributed by atoms with E-state index in [1.165, 1.54) is 5.56 Å². The van der Waals surface area contributed by atoms with E-state index in [9.17, 15) is 9.90 Å². The van der Waals surface area contributed by atoms with Gasteiger partial charge in [-0.3, -0.25) is 4.79 Å². The van der Waals surface area contributed by atoms with Crippen LogP contribution < -0.4 is 10.1 Å². The number of aliphatic hydroxyl groups excluding tert-OH is 1. The molecule has 0 bridgehead atoms. The van der Waals surface area contributed by atoms with Gasteiger partial charge in [0.1, 0.15) is 5.75 Å². The van der Waals surface area contributed by atoms with Gasteiger partial charge in [-0.1, -0.05) is 43.3 Å². The maximum Gasteiger partial charge on any atom is 0.227 e. The van der Waals surface area contributed by atoms with Crippen molar-refractivity contribution >= 4 is 5.91 Å². The Kier molecular flexibility index (Phi) is 6.59. The maximum absolute atomic E-state index is 12.5. The molecule has 1 amide bonds. The number of aryl methyl sites for hydroxylation is 1. The molecule has 4 heteroatoms. The van der Waals surface area contributed by atoms with E-state index < -0.39 is 12.1 Å². The highest BCUT2D eigenvalue weighted by molar-refractivity contribution is 5.83. The first-order valence-electron chi connectivity index (χ1n) is 8.67. The third-order valence-electron chi connectivity index (χ3n) is 4.58. The summed E-state index contributed by atoms with van der Waals surface area (Å²) >= 11 is 0. The lowest BCUT2D eigenvalue weighted by Crippen LogP contribution is -2.39. The largest absolute Gasteiger partial charge is 0.497 e. The molecule has 25 heavy (non-hydrogen) atoms. The minimum atomic E-state index is -0.774. The molecule has 0 aliphatic carbocycles. The molecule has 134 valence electrons. The number of ether oxygens (including phenoxy) is 1. The van der Waals surface area contributed by atoms with Gasteiger partial charge < -0.3 is 15.2 Å². The molecule has 2 N–H and O–H groups in total. The molecule has 0 heterocycles. The summed E-state index contributed by atoms with van der Waals surface area (Å²) in [6, 6.07) is 14.9. The van der Waals surface area contributed by atoms with Crippen LogP contribution in [0.25, 0.3) is 0 Å². The third kappa shape index (κ3) is 4.83. The summed E-state index contributed by atoms with van der Waals surface area (Å²) in [4.78, 5) is 12.5. The fraction of sp³-hybridized carbons (Fsp3) is 0.381. The van der Waals surface area contributed by atoms with Crippen LogP contribution in [-0.2, 0) is 11.2 Å². The Hall–Kier alpha value is -2.33. The van der Waals surface area contributed by atoms with E-state index in [-0.39, 0.29) is 11.8 Å². The van der Waals surface area contributed by atoms with Gasteiger partial charge in [-0.25, -0.2) is 0 Å². The molecular formula is C21H27NO3. The van der Waals surface area contributed by atoms with E-state index >= 15 is 0 Å². The lowest BCUT2D eigenvalue weighted by molar-refractivity contribution is -0.123. The Balaban J connectivity index is 1.99. The number of amides is 1. The summed E-state index contributed by atoms with van der Waals surface area (Å²) in [5.41, 5.74) is 2.97. The van der Waals surface area contributed by atoms with Gasteiger partial charge in [-0.05, 0) is 49.1 Å². The molecule has 0 aliphatic rings. The molecule has 2 rings (SSSR count). The van der Waals surface area contributed by atoms with Crippen molar-refractivity contribution in [2.24, 2.45) is 0 Å². The number of carbonyl (C=O) groups excluding carboxylic acids is 1. The van der Waals surface area contributed by atoms with Gasteiger partial charge in [0.25, 0.3) is 0 Å². The number of rotatable bonds is 7. The Morgan fingerprint density at radius 1 is 1.04 bits per heavy atom. The van der Waals surface area contributed by atoms with E-state index in [1.807, 2.05) is 19.1 Å². The SMILES string of the molecule is CCc1ccc(C(C)C(=O)NC(C)C(O)c2ccc(OC)cc2)cc1. The molecular weight excluding hydrogens is 314 g/mol. The predicted molar refractivity (Wildman–Crippen MR) is 99.8 cm³/mol. The molecule has 0 aromatic heterocycles. The van der Waals surface area contributed by atoms with E-state index in [4.69, 9.17) is 4.74 Å². The van der Waals surface area contributed by atoms with Crippen LogP contribution in [0.15, 0.2) is 48.5 Å². The minimum absolute atomic E-state index is 0.0932. The minimum Gasteiger partial charge on any atom is -0.497 e. The van der Waals surface area contributed by atoms with Crippen LogP contribution in [-0.4, -0.2) is 24.2 Å². The highest BCUT2D eigenvalue weighted by Gasteiger charge is 2.22. The Morgan fingerprint density at radius 2 is 1.60 bits per heavy atom. The highest BCUT2D eigenvalue weighted by Crippen LogP contribution is 2.22. The average molecular weight is 341 g/mol. The zero-order valence-corrected chi connectivity index (χ0v) is 15.3. The van der Waals surface area contributed by atoms with Crippen molar-refractivity contribution in [2.75, 3.05) is 7.11 Å². The maximum atomic E-state index is 12.5. The second-order valence-electron chi connectivity index (χ2n) is 6.33. The fourth-order valence-electron chi connectivity index (χ4n) is 2.71. The molecule has 0 fully saturated rings. The molecule has 0 radical (unpaired) electrons. The van der Waals surface area contributed by atoms with Crippen molar-refractivity contribution in [1.29, 1.82) is 0 Å². The van der Waals surface area contributed by atoms with Crippen molar-refractivity contribution < 1.29 is 14.6 Å². The first-order chi connectivity index (χ1) is 12.0. The second-order valence-corrected chi connectivity index (χ2v) is 6.33. The summed E-state index contributed by atoms with van der Waals surface area (Å²) in [5.74, 6) is 0.373. The summed E-state index contributed by atoms with van der Waals surface area (Å²) in [6.07, 6.45) is 0.205. The molecule has 0 saturated carbocycles. The van der Waals surface area contributed by atoms with Crippen LogP contribution in [0.1, 0.15) is 49.5 Å². The van der Waals surface area contributed by atoms with Gasteiger partial charge in [0.2, 0.25) is 5.91 Å². The molecule has 3 atom stereocenters. The molecule has 2 aromatic carbocycles. The van der Waals surface area contributed by atoms with Gasteiger partial charge in [-0.15, -0.1) is 0 Å². The summed E-state index contributed by atoms with van der Waals surface area (Å²) in [5, 5.41) is 13.4. The highest BCUT2D eigenvalue weighted by atomic mass is 16.5. The molecule has 0 spiro atoms. The second kappa shape index (κ2) is 8.67. The van der Waals surface area contributed by atoms with Crippen molar-refractivity contribution in [3.63, 3.8) is 0 Å². The zero-order chi connectivity index (χ0) is 18.4. The number of hydrogen-bond donors (Lipinski definition) is 2. The van der Waals surface area contributed by atoms with E-state index in [0.717, 1.165) is 23.3 Å². The number of methoxy groups -OCH3 is 1. The van der Waals surface area contributed by atoms with E-state index in [2.05, 4.69) is 24.4 Å². The smallest absolute Gasteiger partial charge is 0.227 e. The summed E-state index contributed by atoms with van der Waals surface area (Å²) in [6.45, 7) is 5.79. The first kappa shape index (κ1) is 19.0. The van der Waals surface area contributed by atoms with E-state index in [0.29, 0.717) is 0 Å². The topological polar surface area (TPSA) is 58.6 Å². The molecule has 0 saturated heterocycles. The number of nitrogens with one attached hydrogen (secondary N) is 1. The van der Waals surface area contributed by atoms with Crippen LogP contribution in [0.2, 0.25) is 0 Å². The monoisotopic (exact) mass is 341 g/mol. The lowest BCUT2D eigenvalue weighted by atomic mass is 9.97. The van der Waals surface area contributed by atoms with Crippen molar-refractivity contribution in [2.45, 2.75) is 45.3 Å². The quantitative estimate of drug-likeness (QED) is 0.809. The number of aliphatic hydroxyl groups is 1. The van der Waals surface area contributed by atoms with Crippen LogP contribution in [0.3, 0.4) is 0 Å². The van der Waals surface area contributed by atoms with Crippen LogP contribution in [0.5, 0.6) is 5.75 Å². The fourth-order valence-corrected chi connectivity index (χ4v) is 2.71. The molecule has 4 nitrogen and oxygen atoms in total. The Morgan fingerprint density at radius 3 is 2.12 bits per heavy atom. The molecule has 2 aromatic rings. The van der Waals surface area contributed by atoms with Crippen molar-refractivity contribution in [3.05, 3.63) is 65.2 Å². The number of carbonyl (C=O) groups is 1. The molecule has 0 aliphatic heterocycles. The standard InChI is InChI=1S/C21H27NO3/c1-5-16-6-8-17(9-7-16)14(2)21(24)22-15(3)20(23)18-10-12-19(25-4)13-11-18/h6-15,20,23H,5H2,1-4H3,(H,22,24). The first-order valence-corrected chi connectivity index (χ1v) is 8.67. The third-order valence-corrected chi connectivity index (χ3v) is 4.58. The van der Waals surface area contributed by atoms with Gasteiger partial charge in [0.05, 0.1) is 25.2 Å². The van der Waals surface area contributed by atoms with Gasteiger partial charge in [0, 0.05) is 0 Å². The number of hydrogen-bond acceptors (Lipinski definition) is 3. The summed E-state index contributed by atoms with van der Waals surface area (Å²) in [7, 11) is 1.60. The van der Waals surface area contributed by atoms with Gasteiger partial charge in [-0.2, -0.15) is 0 Å². The Bertz CT molecular complexity index is 679. The summed E-state index contributed by atoms with van der Waals surface area (Å²) < 4.78 is 5.12. The average Bonchev–Trinajstić information content (AvgIpc) is 2.66. The lowest BCUT2D eigenvalue weighted by Gasteiger charge is -2.23. The van der Waals surface area contributed by atoms with Crippen LogP contribution >= 0.6 is 0 Å². The van der Waals surface area contributed by atoms with E-state index in [1.54, 1.807) is 38.3 Å². The van der Waals surface area contributed by atoms with Crippen LogP contribution in [0.4, 0.5) is 0 Å². The van der Waals surface area contributed by atoms with Crippen molar-refractivity contribution in [1.82, 2.24) is 5.32 Å². The van der Waals surface area contributed by atoms with Crippen molar-refractivity contribution in [3.8, 4) is 5.75 Å². The van der Waals surface area contributed by atoms with Gasteiger partial charge in [0.15, 0.2) is 0 Å². The number of benzene rings is 2. The zero-order valence-electron chi connectivity index (χ0n) is 15.3. The van der Waals surface area contributed by atoms with Crippen LogP contribution in [0, 0.1) is 0 Å². The normalized spacial score (nSPS) is 14.4.